The molecule has 4 atom stereocenters. The van der Waals surface area contributed by atoms with Crippen LogP contribution in [0.2, 0.25) is 0 Å². The van der Waals surface area contributed by atoms with E-state index in [4.69, 9.17) is 4.74 Å². The minimum atomic E-state index is -4.71. The van der Waals surface area contributed by atoms with Gasteiger partial charge >= 0.3 is 12.1 Å². The highest BCUT2D eigenvalue weighted by Gasteiger charge is 2.55. The van der Waals surface area contributed by atoms with Crippen molar-refractivity contribution in [2.24, 2.45) is 0 Å². The van der Waals surface area contributed by atoms with E-state index in [1.807, 2.05) is 48.5 Å². The summed E-state index contributed by atoms with van der Waals surface area (Å²) in [4.78, 5) is 40.8. The van der Waals surface area contributed by atoms with E-state index in [1.54, 1.807) is 23.7 Å². The fraction of sp³-hybridized carbons (Fsp3) is 0.393. The van der Waals surface area contributed by atoms with Crippen molar-refractivity contribution in [3.63, 3.8) is 0 Å². The number of nitrogens with zero attached hydrogens (tertiary/aromatic N) is 3. The number of amides is 1. The Morgan fingerprint density at radius 1 is 1.10 bits per heavy atom. The Labute approximate surface area is 228 Å². The van der Waals surface area contributed by atoms with Crippen molar-refractivity contribution >= 4 is 29.4 Å². The number of rotatable bonds is 5. The number of esters is 1. The van der Waals surface area contributed by atoms with Crippen molar-refractivity contribution in [1.82, 2.24) is 14.9 Å². The molecule has 3 aliphatic rings. The molecule has 0 aromatic heterocycles. The van der Waals surface area contributed by atoms with Crippen molar-refractivity contribution in [3.05, 3.63) is 77.5 Å². The number of hydrazine groups is 1. The molecular formula is C28H28F3N3O4S. The molecule has 3 heterocycles. The maximum absolute atomic E-state index is 14.0. The van der Waals surface area contributed by atoms with Gasteiger partial charge in [0.2, 0.25) is 5.78 Å². The minimum absolute atomic E-state index is 0.0153. The molecule has 2 aromatic carbocycles. The second-order valence-electron chi connectivity index (χ2n) is 9.74. The number of hydrogen-bond acceptors (Lipinski definition) is 7. The summed E-state index contributed by atoms with van der Waals surface area (Å²) in [6.07, 6.45) is -3.18. The molecule has 0 radical (unpaired) electrons. The zero-order valence-electron chi connectivity index (χ0n) is 21.4. The van der Waals surface area contributed by atoms with E-state index in [1.165, 1.54) is 17.3 Å². The van der Waals surface area contributed by atoms with Gasteiger partial charge in [-0.25, -0.2) is 0 Å². The molecule has 3 aliphatic heterocycles. The summed E-state index contributed by atoms with van der Waals surface area (Å²) in [5.74, 6) is -1.60. The monoisotopic (exact) mass is 559 g/mol. The molecule has 1 saturated heterocycles. The van der Waals surface area contributed by atoms with Gasteiger partial charge in [0.1, 0.15) is 6.04 Å². The van der Waals surface area contributed by atoms with Gasteiger partial charge in [0.05, 0.1) is 12.7 Å². The normalized spacial score (nSPS) is 24.0. The Kier molecular flexibility index (Phi) is 7.47. The number of hydrogen-bond donors (Lipinski definition) is 0. The summed E-state index contributed by atoms with van der Waals surface area (Å²) in [6, 6.07) is 11.2. The zero-order chi connectivity index (χ0) is 27.9. The Bertz CT molecular complexity index is 1270. The first-order chi connectivity index (χ1) is 18.6. The van der Waals surface area contributed by atoms with E-state index < -0.39 is 48.1 Å². The summed E-state index contributed by atoms with van der Waals surface area (Å²) in [6.45, 7) is 2.30. The quantitative estimate of drug-likeness (QED) is 0.486. The van der Waals surface area contributed by atoms with Gasteiger partial charge in [-0.15, -0.1) is 11.8 Å². The number of halogens is 3. The largest absolute Gasteiger partial charge is 0.451 e. The number of benzene rings is 2. The number of ketones is 1. The van der Waals surface area contributed by atoms with Crippen molar-refractivity contribution in [3.8, 4) is 0 Å². The highest BCUT2D eigenvalue weighted by atomic mass is 32.2. The van der Waals surface area contributed by atoms with Crippen LogP contribution in [0, 0.1) is 0 Å². The van der Waals surface area contributed by atoms with Gasteiger partial charge in [0.25, 0.3) is 5.91 Å². The number of carbonyl (C=O) groups is 3. The third kappa shape index (κ3) is 5.05. The number of fused-ring (bicyclic) bond motifs is 3. The van der Waals surface area contributed by atoms with Gasteiger partial charge in [0.15, 0.2) is 12.1 Å². The summed E-state index contributed by atoms with van der Waals surface area (Å²) in [5, 5.41) is 3.17. The summed E-state index contributed by atoms with van der Waals surface area (Å²) in [7, 11) is 0. The first-order valence-corrected chi connectivity index (χ1v) is 13.7. The number of ether oxygens (including phenoxy) is 1. The summed E-state index contributed by atoms with van der Waals surface area (Å²) >= 11 is 1.63. The standard InChI is InChI=1S/C28H28F3N3O4S/c1-3-8-23(36)38-26-21(35)13-14-33-25(26)27(37)32(17(2)28(29,30)31)16-34(33)24-19-10-5-4-9-18(19)15-39-22-12-7-6-11-20(22)24/h4-7,9-14,17,24-26H,3,8,15-16H2,1-2H3/t17-,24+,25?,26?/m1/s1. The zero-order valence-corrected chi connectivity index (χ0v) is 22.2. The van der Waals surface area contributed by atoms with Crippen LogP contribution in [0.25, 0.3) is 0 Å². The lowest BCUT2D eigenvalue weighted by Crippen LogP contribution is -2.71. The minimum Gasteiger partial charge on any atom is -0.451 e. The molecule has 5 rings (SSSR count). The van der Waals surface area contributed by atoms with E-state index in [-0.39, 0.29) is 13.1 Å². The predicted octanol–water partition coefficient (Wildman–Crippen LogP) is 4.83. The molecule has 0 aliphatic carbocycles. The third-order valence-corrected chi connectivity index (χ3v) is 8.41. The SMILES string of the molecule is CCCC(=O)OC1C(=O)C=CN2C1C(=O)N([C@H](C)C(F)(F)F)CN2[C@H]1c2ccccc2CSc2ccccc21. The lowest BCUT2D eigenvalue weighted by molar-refractivity contribution is -0.224. The van der Waals surface area contributed by atoms with E-state index in [0.29, 0.717) is 12.2 Å². The van der Waals surface area contributed by atoms with Crippen LogP contribution in [0.4, 0.5) is 13.2 Å². The van der Waals surface area contributed by atoms with E-state index >= 15 is 0 Å². The molecule has 7 nitrogen and oxygen atoms in total. The van der Waals surface area contributed by atoms with Gasteiger partial charge in [-0.2, -0.15) is 18.2 Å². The maximum atomic E-state index is 14.0. The van der Waals surface area contributed by atoms with E-state index in [2.05, 4.69) is 0 Å². The van der Waals surface area contributed by atoms with Gasteiger partial charge in [-0.3, -0.25) is 19.4 Å². The molecular weight excluding hydrogens is 531 g/mol. The number of carbonyl (C=O) groups excluding carboxylic acids is 3. The highest BCUT2D eigenvalue weighted by Crippen LogP contribution is 2.45. The molecule has 206 valence electrons. The van der Waals surface area contributed by atoms with Gasteiger partial charge < -0.3 is 9.64 Å². The second kappa shape index (κ2) is 10.7. The lowest BCUT2D eigenvalue weighted by Gasteiger charge is -2.53. The lowest BCUT2D eigenvalue weighted by atomic mass is 9.93. The molecule has 39 heavy (non-hydrogen) atoms. The number of thioether (sulfide) groups is 1. The van der Waals surface area contributed by atoms with Crippen LogP contribution < -0.4 is 0 Å². The summed E-state index contributed by atoms with van der Waals surface area (Å²) < 4.78 is 47.6. The molecule has 0 saturated carbocycles. The molecule has 1 fully saturated rings. The van der Waals surface area contributed by atoms with Crippen molar-refractivity contribution in [2.75, 3.05) is 6.67 Å². The third-order valence-electron chi connectivity index (χ3n) is 7.27. The van der Waals surface area contributed by atoms with Crippen molar-refractivity contribution in [1.29, 1.82) is 0 Å². The summed E-state index contributed by atoms with van der Waals surface area (Å²) in [5.41, 5.74) is 2.76. The topological polar surface area (TPSA) is 70.2 Å². The molecule has 2 aromatic rings. The van der Waals surface area contributed by atoms with E-state index in [0.717, 1.165) is 33.4 Å². The van der Waals surface area contributed by atoms with Crippen LogP contribution in [-0.4, -0.2) is 63.6 Å². The molecule has 11 heteroatoms. The van der Waals surface area contributed by atoms with E-state index in [9.17, 15) is 27.6 Å². The maximum Gasteiger partial charge on any atom is 0.408 e. The van der Waals surface area contributed by atoms with Crippen LogP contribution in [0.1, 0.15) is 49.4 Å². The van der Waals surface area contributed by atoms with Gasteiger partial charge in [-0.1, -0.05) is 49.4 Å². The Morgan fingerprint density at radius 2 is 1.79 bits per heavy atom. The number of alkyl halides is 3. The smallest absolute Gasteiger partial charge is 0.408 e. The van der Waals surface area contributed by atoms with Crippen molar-refractivity contribution < 1.29 is 32.3 Å². The molecule has 2 unspecified atom stereocenters. The Balaban J connectivity index is 1.67. The molecule has 0 N–H and O–H groups in total. The van der Waals surface area contributed by atoms with Gasteiger partial charge in [-0.05, 0) is 36.1 Å². The molecule has 1 amide bonds. The van der Waals surface area contributed by atoms with Crippen LogP contribution in [0.5, 0.6) is 0 Å². The average Bonchev–Trinajstić information content (AvgIpc) is 3.07. The molecule has 0 spiro atoms. The average molecular weight is 560 g/mol. The van der Waals surface area contributed by atoms with Crippen LogP contribution >= 0.6 is 11.8 Å². The van der Waals surface area contributed by atoms with Gasteiger partial charge in [0, 0.05) is 29.3 Å². The van der Waals surface area contributed by atoms with Crippen LogP contribution in [0.15, 0.2) is 65.7 Å². The molecule has 0 bridgehead atoms. The predicted molar refractivity (Wildman–Crippen MR) is 138 cm³/mol. The fourth-order valence-corrected chi connectivity index (χ4v) is 6.33. The second-order valence-corrected chi connectivity index (χ2v) is 10.8. The van der Waals surface area contributed by atoms with Crippen LogP contribution in [-0.2, 0) is 24.9 Å². The van der Waals surface area contributed by atoms with Crippen molar-refractivity contribution in [2.45, 2.75) is 67.7 Å². The van der Waals surface area contributed by atoms with Crippen LogP contribution in [0.3, 0.4) is 0 Å². The first kappa shape index (κ1) is 27.3. The first-order valence-electron chi connectivity index (χ1n) is 12.7. The fourth-order valence-electron chi connectivity index (χ4n) is 5.24. The Morgan fingerprint density at radius 3 is 2.51 bits per heavy atom. The Hall–Kier alpha value is -3.31. The highest BCUT2D eigenvalue weighted by molar-refractivity contribution is 7.98.